The zero-order valence-electron chi connectivity index (χ0n) is 13.2. The molecule has 0 aromatic carbocycles. The monoisotopic (exact) mass is 294 g/mol. The van der Waals surface area contributed by atoms with Crippen molar-refractivity contribution >= 4 is 5.91 Å². The fourth-order valence-electron chi connectivity index (χ4n) is 3.09. The molecule has 1 saturated heterocycles. The predicted octanol–water partition coefficient (Wildman–Crippen LogP) is 0.361. The van der Waals surface area contributed by atoms with Crippen molar-refractivity contribution in [2.75, 3.05) is 33.7 Å². The van der Waals surface area contributed by atoms with Gasteiger partial charge in [0.05, 0.1) is 12.1 Å². The summed E-state index contributed by atoms with van der Waals surface area (Å²) >= 11 is 0. The third-order valence-corrected chi connectivity index (χ3v) is 3.94. The molecule has 1 atom stereocenters. The zero-order valence-corrected chi connectivity index (χ0v) is 13.2. The van der Waals surface area contributed by atoms with Gasteiger partial charge in [0.25, 0.3) is 0 Å². The van der Waals surface area contributed by atoms with Crippen molar-refractivity contribution < 1.29 is 9.90 Å². The van der Waals surface area contributed by atoms with E-state index in [0.717, 1.165) is 31.6 Å². The molecule has 0 bridgehead atoms. The van der Waals surface area contributed by atoms with Gasteiger partial charge in [-0.1, -0.05) is 6.92 Å². The molecule has 0 unspecified atom stereocenters. The standard InChI is InChI=1S/C15H26N4O2/c1-4-13-16-7-9-18(13)10-14(20)19-8-5-6-15(21,12-19)11-17(2)3/h7,9,21H,4-6,8,10-12H2,1-3H3/t15-/m1/s1. The Labute approximate surface area is 126 Å². The Balaban J connectivity index is 1.99. The van der Waals surface area contributed by atoms with Crippen molar-refractivity contribution in [1.29, 1.82) is 0 Å². The number of likely N-dealkylation sites (tertiary alicyclic amines) is 1. The third kappa shape index (κ3) is 4.04. The van der Waals surface area contributed by atoms with Gasteiger partial charge in [-0.15, -0.1) is 0 Å². The van der Waals surface area contributed by atoms with E-state index in [4.69, 9.17) is 0 Å². The second-order valence-corrected chi connectivity index (χ2v) is 6.21. The Kier molecular flexibility index (Phi) is 5.00. The summed E-state index contributed by atoms with van der Waals surface area (Å²) in [6, 6.07) is 0. The van der Waals surface area contributed by atoms with E-state index in [2.05, 4.69) is 4.98 Å². The largest absolute Gasteiger partial charge is 0.387 e. The van der Waals surface area contributed by atoms with E-state index >= 15 is 0 Å². The average molecular weight is 294 g/mol. The molecule has 6 heteroatoms. The molecule has 1 amide bonds. The Morgan fingerprint density at radius 3 is 2.95 bits per heavy atom. The van der Waals surface area contributed by atoms with Gasteiger partial charge < -0.3 is 19.5 Å². The average Bonchev–Trinajstić information content (AvgIpc) is 2.84. The van der Waals surface area contributed by atoms with E-state index in [1.54, 1.807) is 11.1 Å². The number of carbonyl (C=O) groups is 1. The molecule has 1 aliphatic rings. The maximum Gasteiger partial charge on any atom is 0.242 e. The summed E-state index contributed by atoms with van der Waals surface area (Å²) < 4.78 is 1.89. The summed E-state index contributed by atoms with van der Waals surface area (Å²) in [7, 11) is 3.88. The van der Waals surface area contributed by atoms with Crippen LogP contribution in [0.4, 0.5) is 0 Å². The number of likely N-dealkylation sites (N-methyl/N-ethyl adjacent to an activating group) is 1. The topological polar surface area (TPSA) is 61.6 Å². The Bertz CT molecular complexity index is 486. The lowest BCUT2D eigenvalue weighted by Crippen LogP contribution is -2.55. The quantitative estimate of drug-likeness (QED) is 0.852. The van der Waals surface area contributed by atoms with Gasteiger partial charge in [-0.3, -0.25) is 4.79 Å². The summed E-state index contributed by atoms with van der Waals surface area (Å²) in [5, 5.41) is 10.6. The Hall–Kier alpha value is -1.40. The van der Waals surface area contributed by atoms with Crippen LogP contribution in [0.5, 0.6) is 0 Å². The highest BCUT2D eigenvalue weighted by atomic mass is 16.3. The maximum atomic E-state index is 12.5. The molecule has 1 aromatic heterocycles. The van der Waals surface area contributed by atoms with Crippen LogP contribution in [0.1, 0.15) is 25.6 Å². The molecule has 1 N–H and O–H groups in total. The SMILES string of the molecule is CCc1nccn1CC(=O)N1CCC[C@@](O)(CN(C)C)C1. The van der Waals surface area contributed by atoms with E-state index in [0.29, 0.717) is 19.6 Å². The molecule has 2 rings (SSSR count). The van der Waals surface area contributed by atoms with E-state index in [-0.39, 0.29) is 5.91 Å². The van der Waals surface area contributed by atoms with Crippen molar-refractivity contribution in [3.8, 4) is 0 Å². The van der Waals surface area contributed by atoms with Crippen LogP contribution in [0.3, 0.4) is 0 Å². The Morgan fingerprint density at radius 1 is 1.52 bits per heavy atom. The summed E-state index contributed by atoms with van der Waals surface area (Å²) in [6.45, 7) is 4.06. The van der Waals surface area contributed by atoms with Crippen LogP contribution in [0.15, 0.2) is 12.4 Å². The number of amides is 1. The van der Waals surface area contributed by atoms with Crippen LogP contribution >= 0.6 is 0 Å². The highest BCUT2D eigenvalue weighted by Crippen LogP contribution is 2.22. The van der Waals surface area contributed by atoms with Gasteiger partial charge in [0.1, 0.15) is 12.4 Å². The number of imidazole rings is 1. The van der Waals surface area contributed by atoms with Crippen LogP contribution in [0.2, 0.25) is 0 Å². The minimum absolute atomic E-state index is 0.0552. The summed E-state index contributed by atoms with van der Waals surface area (Å²) in [4.78, 5) is 20.5. The molecule has 0 aliphatic carbocycles. The van der Waals surface area contributed by atoms with E-state index < -0.39 is 5.60 Å². The highest BCUT2D eigenvalue weighted by Gasteiger charge is 2.35. The number of aryl methyl sites for hydroxylation is 1. The molecule has 1 fully saturated rings. The number of aliphatic hydroxyl groups is 1. The number of nitrogens with zero attached hydrogens (tertiary/aromatic N) is 4. The van der Waals surface area contributed by atoms with Crippen LogP contribution in [-0.4, -0.2) is 69.7 Å². The van der Waals surface area contributed by atoms with Gasteiger partial charge in [-0.05, 0) is 26.9 Å². The van der Waals surface area contributed by atoms with E-state index in [1.165, 1.54) is 0 Å². The number of piperidine rings is 1. The fourth-order valence-corrected chi connectivity index (χ4v) is 3.09. The van der Waals surface area contributed by atoms with Crippen LogP contribution in [0.25, 0.3) is 0 Å². The summed E-state index contributed by atoms with van der Waals surface area (Å²) in [6.07, 6.45) is 5.98. The van der Waals surface area contributed by atoms with Gasteiger partial charge in [0.15, 0.2) is 0 Å². The van der Waals surface area contributed by atoms with E-state index in [9.17, 15) is 9.90 Å². The van der Waals surface area contributed by atoms with Crippen molar-refractivity contribution in [2.45, 2.75) is 38.3 Å². The first kappa shape index (κ1) is 16.0. The lowest BCUT2D eigenvalue weighted by molar-refractivity contribution is -0.139. The molecular weight excluding hydrogens is 268 g/mol. The fraction of sp³-hybridized carbons (Fsp3) is 0.733. The lowest BCUT2D eigenvalue weighted by Gasteiger charge is -2.40. The minimum Gasteiger partial charge on any atom is -0.387 e. The van der Waals surface area contributed by atoms with Gasteiger partial charge in [0, 0.05) is 31.9 Å². The second kappa shape index (κ2) is 6.58. The molecule has 6 nitrogen and oxygen atoms in total. The Morgan fingerprint density at radius 2 is 2.29 bits per heavy atom. The zero-order chi connectivity index (χ0) is 15.5. The molecule has 0 saturated carbocycles. The van der Waals surface area contributed by atoms with Gasteiger partial charge >= 0.3 is 0 Å². The first-order chi connectivity index (χ1) is 9.93. The third-order valence-electron chi connectivity index (χ3n) is 3.94. The maximum absolute atomic E-state index is 12.5. The van der Waals surface area contributed by atoms with Gasteiger partial charge in [-0.25, -0.2) is 4.98 Å². The summed E-state index contributed by atoms with van der Waals surface area (Å²) in [5.41, 5.74) is -0.792. The van der Waals surface area contributed by atoms with Crippen LogP contribution in [-0.2, 0) is 17.8 Å². The van der Waals surface area contributed by atoms with E-state index in [1.807, 2.05) is 36.7 Å². The molecular formula is C15H26N4O2. The number of hydrogen-bond acceptors (Lipinski definition) is 4. The molecule has 0 spiro atoms. The number of aromatic nitrogens is 2. The summed E-state index contributed by atoms with van der Waals surface area (Å²) in [5.74, 6) is 0.975. The number of β-amino-alcohol motifs (C(OH)–C–C–N with tert-alkyl or cyclic N) is 1. The predicted molar refractivity (Wildman–Crippen MR) is 80.9 cm³/mol. The lowest BCUT2D eigenvalue weighted by atomic mass is 9.92. The molecule has 1 aliphatic heterocycles. The van der Waals surface area contributed by atoms with Crippen molar-refractivity contribution in [2.24, 2.45) is 0 Å². The minimum atomic E-state index is -0.792. The smallest absolute Gasteiger partial charge is 0.242 e. The second-order valence-electron chi connectivity index (χ2n) is 6.21. The van der Waals surface area contributed by atoms with Gasteiger partial charge in [-0.2, -0.15) is 0 Å². The normalized spacial score (nSPS) is 22.8. The first-order valence-corrected chi connectivity index (χ1v) is 7.58. The van der Waals surface area contributed by atoms with Crippen LogP contribution in [0, 0.1) is 0 Å². The number of rotatable bonds is 5. The van der Waals surface area contributed by atoms with Gasteiger partial charge in [0.2, 0.25) is 5.91 Å². The molecule has 1 aromatic rings. The number of carbonyl (C=O) groups excluding carboxylic acids is 1. The molecule has 118 valence electrons. The van der Waals surface area contributed by atoms with Crippen molar-refractivity contribution in [3.05, 3.63) is 18.2 Å². The highest BCUT2D eigenvalue weighted by molar-refractivity contribution is 5.76. The molecule has 2 heterocycles. The molecule has 0 radical (unpaired) electrons. The molecule has 21 heavy (non-hydrogen) atoms. The first-order valence-electron chi connectivity index (χ1n) is 7.58. The van der Waals surface area contributed by atoms with Crippen molar-refractivity contribution in [3.63, 3.8) is 0 Å². The van der Waals surface area contributed by atoms with Crippen molar-refractivity contribution in [1.82, 2.24) is 19.4 Å². The number of hydrogen-bond donors (Lipinski definition) is 1. The van der Waals surface area contributed by atoms with Crippen LogP contribution < -0.4 is 0 Å².